The van der Waals surface area contributed by atoms with Crippen molar-refractivity contribution in [3.8, 4) is 0 Å². The van der Waals surface area contributed by atoms with Crippen molar-refractivity contribution >= 4 is 11.9 Å². The number of hydrogen-bond donors (Lipinski definition) is 2. The highest BCUT2D eigenvalue weighted by Crippen LogP contribution is 2.38. The maximum atomic E-state index is 12.6. The van der Waals surface area contributed by atoms with E-state index in [1.165, 1.54) is 0 Å². The van der Waals surface area contributed by atoms with E-state index in [0.29, 0.717) is 6.54 Å². The fraction of sp³-hybridized carbons (Fsp3) is 0.722. The van der Waals surface area contributed by atoms with Gasteiger partial charge in [0.2, 0.25) is 5.91 Å². The number of aromatic nitrogens is 1. The topological polar surface area (TPSA) is 82.8 Å². The van der Waals surface area contributed by atoms with Gasteiger partial charge in [-0.1, -0.05) is 18.0 Å². The van der Waals surface area contributed by atoms with Crippen molar-refractivity contribution in [2.45, 2.75) is 46.0 Å². The molecular formula is C18H31N5O2. The molecule has 1 aliphatic rings. The molecule has 0 saturated heterocycles. The number of amides is 1. The zero-order valence-corrected chi connectivity index (χ0v) is 16.1. The summed E-state index contributed by atoms with van der Waals surface area (Å²) in [5.41, 5.74) is 1.77. The minimum atomic E-state index is -0.303. The normalized spacial score (nSPS) is 16.8. The molecule has 1 aromatic heterocycles. The van der Waals surface area contributed by atoms with Crippen LogP contribution in [-0.4, -0.2) is 56.2 Å². The Bertz CT molecular complexity index is 595. The predicted molar refractivity (Wildman–Crippen MR) is 98.6 cm³/mol. The van der Waals surface area contributed by atoms with Gasteiger partial charge in [0, 0.05) is 39.8 Å². The van der Waals surface area contributed by atoms with Gasteiger partial charge in [-0.2, -0.15) is 0 Å². The number of nitrogens with one attached hydrogen (secondary N) is 2. The molecule has 2 rings (SSSR count). The SMILES string of the molecule is CN=C(NCCc1c(C)noc1C)NCC1(C(=O)N(C)C)CCCC1. The summed E-state index contributed by atoms with van der Waals surface area (Å²) in [6.07, 6.45) is 4.92. The Morgan fingerprint density at radius 1 is 1.28 bits per heavy atom. The lowest BCUT2D eigenvalue weighted by Crippen LogP contribution is -2.49. The van der Waals surface area contributed by atoms with Crippen molar-refractivity contribution in [2.24, 2.45) is 10.4 Å². The van der Waals surface area contributed by atoms with Crippen LogP contribution in [0.2, 0.25) is 0 Å². The van der Waals surface area contributed by atoms with Gasteiger partial charge in [-0.15, -0.1) is 0 Å². The van der Waals surface area contributed by atoms with Crippen LogP contribution in [0.4, 0.5) is 0 Å². The lowest BCUT2D eigenvalue weighted by Gasteiger charge is -2.31. The van der Waals surface area contributed by atoms with Crippen LogP contribution in [-0.2, 0) is 11.2 Å². The summed E-state index contributed by atoms with van der Waals surface area (Å²) < 4.78 is 5.19. The molecule has 1 heterocycles. The van der Waals surface area contributed by atoms with Crippen LogP contribution >= 0.6 is 0 Å². The summed E-state index contributed by atoms with van der Waals surface area (Å²) in [5.74, 6) is 1.80. The van der Waals surface area contributed by atoms with E-state index in [4.69, 9.17) is 4.52 Å². The molecule has 1 fully saturated rings. The summed E-state index contributed by atoms with van der Waals surface area (Å²) >= 11 is 0. The van der Waals surface area contributed by atoms with Gasteiger partial charge < -0.3 is 20.1 Å². The molecular weight excluding hydrogens is 318 g/mol. The molecule has 25 heavy (non-hydrogen) atoms. The van der Waals surface area contributed by atoms with Crippen LogP contribution in [0, 0.1) is 19.3 Å². The second-order valence-electron chi connectivity index (χ2n) is 7.09. The van der Waals surface area contributed by atoms with Gasteiger partial charge in [0.05, 0.1) is 11.1 Å². The molecule has 2 N–H and O–H groups in total. The lowest BCUT2D eigenvalue weighted by molar-refractivity contribution is -0.138. The van der Waals surface area contributed by atoms with Crippen LogP contribution < -0.4 is 10.6 Å². The number of carbonyl (C=O) groups is 1. The molecule has 1 aliphatic carbocycles. The minimum absolute atomic E-state index is 0.212. The summed E-state index contributed by atoms with van der Waals surface area (Å²) in [7, 11) is 5.42. The molecule has 1 aromatic rings. The highest BCUT2D eigenvalue weighted by molar-refractivity contribution is 5.85. The summed E-state index contributed by atoms with van der Waals surface area (Å²) in [4.78, 5) is 18.6. The Morgan fingerprint density at radius 2 is 1.96 bits per heavy atom. The minimum Gasteiger partial charge on any atom is -0.361 e. The van der Waals surface area contributed by atoms with E-state index < -0.39 is 0 Å². The average molecular weight is 349 g/mol. The standard InChI is InChI=1S/C18H31N5O2/c1-13-15(14(2)25-22-13)8-11-20-17(19-3)21-12-18(9-6-7-10-18)16(24)23(4)5/h6-12H2,1-5H3,(H2,19,20,21). The second-order valence-corrected chi connectivity index (χ2v) is 7.09. The Labute approximate surface area is 150 Å². The van der Waals surface area contributed by atoms with Crippen molar-refractivity contribution in [2.75, 3.05) is 34.2 Å². The molecule has 0 aromatic carbocycles. The summed E-state index contributed by atoms with van der Waals surface area (Å²) in [6.45, 7) is 5.24. The smallest absolute Gasteiger partial charge is 0.230 e. The van der Waals surface area contributed by atoms with E-state index in [1.807, 2.05) is 27.9 Å². The number of carbonyl (C=O) groups excluding carboxylic acids is 1. The van der Waals surface area contributed by atoms with Gasteiger partial charge in [0.15, 0.2) is 5.96 Å². The molecule has 1 amide bonds. The van der Waals surface area contributed by atoms with Gasteiger partial charge in [-0.25, -0.2) is 0 Å². The molecule has 0 spiro atoms. The molecule has 1 saturated carbocycles. The highest BCUT2D eigenvalue weighted by atomic mass is 16.5. The van der Waals surface area contributed by atoms with E-state index in [9.17, 15) is 4.79 Å². The monoisotopic (exact) mass is 349 g/mol. The van der Waals surface area contributed by atoms with E-state index in [0.717, 1.165) is 61.6 Å². The molecule has 140 valence electrons. The van der Waals surface area contributed by atoms with Crippen molar-refractivity contribution in [1.82, 2.24) is 20.7 Å². The predicted octanol–water partition coefficient (Wildman–Crippen LogP) is 1.65. The first kappa shape index (κ1) is 19.3. The van der Waals surface area contributed by atoms with E-state index in [1.54, 1.807) is 11.9 Å². The molecule has 0 bridgehead atoms. The third-order valence-electron chi connectivity index (χ3n) is 5.09. The van der Waals surface area contributed by atoms with Crippen LogP contribution in [0.3, 0.4) is 0 Å². The Morgan fingerprint density at radius 3 is 2.48 bits per heavy atom. The van der Waals surface area contributed by atoms with Crippen molar-refractivity contribution in [1.29, 1.82) is 0 Å². The Hall–Kier alpha value is -2.05. The lowest BCUT2D eigenvalue weighted by atomic mass is 9.84. The average Bonchev–Trinajstić information content (AvgIpc) is 3.19. The second kappa shape index (κ2) is 8.36. The molecule has 0 atom stereocenters. The number of rotatable bonds is 6. The molecule has 7 nitrogen and oxygen atoms in total. The molecule has 7 heteroatoms. The number of guanidine groups is 1. The highest BCUT2D eigenvalue weighted by Gasteiger charge is 2.42. The fourth-order valence-corrected chi connectivity index (χ4v) is 3.63. The van der Waals surface area contributed by atoms with E-state index in [2.05, 4.69) is 20.8 Å². The first-order chi connectivity index (χ1) is 11.9. The van der Waals surface area contributed by atoms with E-state index in [-0.39, 0.29) is 11.3 Å². The number of aliphatic imine (C=N–C) groups is 1. The zero-order chi connectivity index (χ0) is 18.4. The van der Waals surface area contributed by atoms with Crippen molar-refractivity contribution < 1.29 is 9.32 Å². The molecule has 0 aliphatic heterocycles. The third kappa shape index (κ3) is 4.52. The fourth-order valence-electron chi connectivity index (χ4n) is 3.63. The van der Waals surface area contributed by atoms with Gasteiger partial charge in [0.25, 0.3) is 0 Å². The quantitative estimate of drug-likeness (QED) is 0.603. The Kier molecular flexibility index (Phi) is 6.45. The van der Waals surface area contributed by atoms with E-state index >= 15 is 0 Å². The van der Waals surface area contributed by atoms with Crippen molar-refractivity contribution in [3.63, 3.8) is 0 Å². The molecule has 0 unspecified atom stereocenters. The van der Waals surface area contributed by atoms with Gasteiger partial charge in [0.1, 0.15) is 5.76 Å². The Balaban J connectivity index is 1.88. The summed E-state index contributed by atoms with van der Waals surface area (Å²) in [6, 6.07) is 0. The first-order valence-corrected chi connectivity index (χ1v) is 8.97. The van der Waals surface area contributed by atoms with Crippen LogP contribution in [0.15, 0.2) is 9.52 Å². The largest absolute Gasteiger partial charge is 0.361 e. The van der Waals surface area contributed by atoms with Crippen molar-refractivity contribution in [3.05, 3.63) is 17.0 Å². The van der Waals surface area contributed by atoms with Gasteiger partial charge in [-0.05, 0) is 33.1 Å². The summed E-state index contributed by atoms with van der Waals surface area (Å²) in [5, 5.41) is 10.6. The van der Waals surface area contributed by atoms with Gasteiger partial charge in [-0.3, -0.25) is 9.79 Å². The maximum absolute atomic E-state index is 12.6. The number of hydrogen-bond acceptors (Lipinski definition) is 4. The zero-order valence-electron chi connectivity index (χ0n) is 16.1. The first-order valence-electron chi connectivity index (χ1n) is 8.97. The number of aryl methyl sites for hydroxylation is 2. The van der Waals surface area contributed by atoms with Crippen LogP contribution in [0.25, 0.3) is 0 Å². The third-order valence-corrected chi connectivity index (χ3v) is 5.09. The number of nitrogens with zero attached hydrogens (tertiary/aromatic N) is 3. The molecule has 0 radical (unpaired) electrons. The van der Waals surface area contributed by atoms with Gasteiger partial charge >= 0.3 is 0 Å². The van der Waals surface area contributed by atoms with Crippen LogP contribution in [0.5, 0.6) is 0 Å². The maximum Gasteiger partial charge on any atom is 0.230 e. The van der Waals surface area contributed by atoms with Crippen LogP contribution in [0.1, 0.15) is 42.7 Å².